The number of nitrogens with zero attached hydrogens (tertiary/aromatic N) is 4. The Hall–Kier alpha value is -5.30. The number of ketones is 1. The maximum absolute atomic E-state index is 14.1. The van der Waals surface area contributed by atoms with Gasteiger partial charge >= 0.3 is 0 Å². The number of benzene rings is 2. The van der Waals surface area contributed by atoms with Crippen LogP contribution in [0.25, 0.3) is 23.1 Å². The Morgan fingerprint density at radius 3 is 2.63 bits per heavy atom. The van der Waals surface area contributed by atoms with Gasteiger partial charge in [-0.25, -0.2) is 9.97 Å². The number of aliphatic hydroxyl groups excluding tert-OH is 1. The van der Waals surface area contributed by atoms with E-state index in [0.717, 1.165) is 22.4 Å². The van der Waals surface area contributed by atoms with Crippen LogP contribution in [0.2, 0.25) is 0 Å². The molecule has 1 spiro atoms. The van der Waals surface area contributed by atoms with Crippen molar-refractivity contribution in [3.8, 4) is 28.9 Å². The molecule has 13 nitrogen and oxygen atoms in total. The van der Waals surface area contributed by atoms with Crippen molar-refractivity contribution in [1.82, 2.24) is 25.4 Å². The van der Waals surface area contributed by atoms with Crippen LogP contribution in [0, 0.1) is 24.7 Å². The number of carbonyl (C=O) groups is 2. The molecule has 1 unspecified atom stereocenters. The largest absolute Gasteiger partial charge is 0.469 e. The Labute approximate surface area is 281 Å². The van der Waals surface area contributed by atoms with Gasteiger partial charge in [0.1, 0.15) is 29.6 Å². The summed E-state index contributed by atoms with van der Waals surface area (Å²) >= 11 is 0. The Morgan fingerprint density at radius 1 is 1.06 bits per heavy atom. The average Bonchev–Trinajstić information content (AvgIpc) is 3.89. The average molecular weight is 665 g/mol. The van der Waals surface area contributed by atoms with E-state index in [1.54, 1.807) is 20.8 Å². The molecule has 3 aliphatic rings. The number of aromatic nitrogens is 4. The highest BCUT2D eigenvalue weighted by Crippen LogP contribution is 2.59. The maximum Gasteiger partial charge on any atom is 0.249 e. The van der Waals surface area contributed by atoms with Crippen molar-refractivity contribution >= 4 is 17.4 Å². The second-order valence-corrected chi connectivity index (χ2v) is 13.7. The second-order valence-electron chi connectivity index (χ2n) is 13.7. The number of nitrogens with one attached hydrogen (secondary N) is 2. The number of oxazole rings is 2. The van der Waals surface area contributed by atoms with E-state index in [4.69, 9.17) is 28.1 Å². The smallest absolute Gasteiger partial charge is 0.249 e. The zero-order chi connectivity index (χ0) is 34.2. The SMILES string of the molecule is Cc1nc(-c2coc(-c3nc4oc3[C@@]35c6ccccc6NC3Oc3ccc(cc35)C[C@H](CC(=O)[C@@H](O)C(C)C)C(=O)N[C@H]4C(C)C)n2)no1. The highest BCUT2D eigenvalue weighted by molar-refractivity contribution is 5.89. The number of anilines is 1. The van der Waals surface area contributed by atoms with Crippen molar-refractivity contribution in [3.63, 3.8) is 0 Å². The van der Waals surface area contributed by atoms with Crippen LogP contribution in [0.5, 0.6) is 5.75 Å². The quantitative estimate of drug-likeness (QED) is 0.209. The van der Waals surface area contributed by atoms with Crippen molar-refractivity contribution in [3.05, 3.63) is 83.0 Å². The predicted octanol–water partition coefficient (Wildman–Crippen LogP) is 5.13. The van der Waals surface area contributed by atoms with Crippen LogP contribution >= 0.6 is 0 Å². The van der Waals surface area contributed by atoms with Gasteiger partial charge in [0.2, 0.25) is 29.4 Å². The maximum atomic E-state index is 14.1. The Morgan fingerprint density at radius 2 is 1.88 bits per heavy atom. The predicted molar refractivity (Wildman–Crippen MR) is 174 cm³/mol. The number of rotatable bonds is 7. The van der Waals surface area contributed by atoms with Crippen LogP contribution in [0.3, 0.4) is 0 Å². The molecule has 5 aromatic rings. The van der Waals surface area contributed by atoms with Crippen molar-refractivity contribution in [2.24, 2.45) is 17.8 Å². The van der Waals surface area contributed by atoms with Crippen molar-refractivity contribution in [2.45, 2.75) is 71.2 Å². The summed E-state index contributed by atoms with van der Waals surface area (Å²) in [6.45, 7) is 9.16. The number of carbonyl (C=O) groups excluding carboxylic acids is 2. The third kappa shape index (κ3) is 4.86. The zero-order valence-corrected chi connectivity index (χ0v) is 27.7. The Bertz CT molecular complexity index is 2100. The fourth-order valence-electron chi connectivity index (χ4n) is 7.19. The molecule has 252 valence electrons. The lowest BCUT2D eigenvalue weighted by Gasteiger charge is -2.28. The molecule has 5 atom stereocenters. The first-order valence-corrected chi connectivity index (χ1v) is 16.5. The second kappa shape index (κ2) is 11.4. The van der Waals surface area contributed by atoms with E-state index >= 15 is 0 Å². The lowest BCUT2D eigenvalue weighted by atomic mass is 9.72. The summed E-state index contributed by atoms with van der Waals surface area (Å²) in [5, 5.41) is 21.3. The third-order valence-corrected chi connectivity index (χ3v) is 9.70. The molecule has 6 heterocycles. The number of amides is 1. The standard InChI is InChI=1S/C36H36N6O7/c1-16(2)27-34-41-28(33-38-24(15-46-33)31-37-18(5)49-42-31)30(48-34)36-21-8-6-7-9-23(21)39-35(36)47-26-11-10-19(13-22(26)36)12-20(32(45)40-27)14-25(43)29(44)17(3)4/h6-11,13,15-17,20,27,29,35,39,44H,12,14H2,1-5H3,(H,40,45)/t20-,27+,29+,35?,36+/m1/s1. The minimum Gasteiger partial charge on any atom is -0.469 e. The summed E-state index contributed by atoms with van der Waals surface area (Å²) in [5.41, 5.74) is 3.07. The summed E-state index contributed by atoms with van der Waals surface area (Å²) in [4.78, 5) is 41.3. The molecule has 4 bridgehead atoms. The topological polar surface area (TPSA) is 179 Å². The number of hydrogen-bond acceptors (Lipinski definition) is 12. The first kappa shape index (κ1) is 31.0. The van der Waals surface area contributed by atoms with Crippen molar-refractivity contribution in [2.75, 3.05) is 5.32 Å². The number of aliphatic hydroxyl groups is 1. The van der Waals surface area contributed by atoms with E-state index < -0.39 is 29.7 Å². The molecule has 0 saturated carbocycles. The Kier molecular flexibility index (Phi) is 7.21. The number of aryl methyl sites for hydroxylation is 1. The van der Waals surface area contributed by atoms with Gasteiger partial charge in [-0.2, -0.15) is 4.98 Å². The molecule has 0 aliphatic carbocycles. The van der Waals surface area contributed by atoms with Gasteiger partial charge in [0, 0.05) is 30.5 Å². The summed E-state index contributed by atoms with van der Waals surface area (Å²) in [5.74, 6) is 0.216. The van der Waals surface area contributed by atoms with Crippen LogP contribution in [0.1, 0.15) is 74.4 Å². The van der Waals surface area contributed by atoms with Gasteiger partial charge in [0.25, 0.3) is 0 Å². The van der Waals surface area contributed by atoms with Gasteiger partial charge in [0.05, 0.1) is 0 Å². The molecule has 3 aromatic heterocycles. The van der Waals surface area contributed by atoms with Gasteiger partial charge in [-0.15, -0.1) is 0 Å². The fraction of sp³-hybridized carbons (Fsp3) is 0.389. The van der Waals surface area contributed by atoms with E-state index in [2.05, 4.69) is 20.8 Å². The van der Waals surface area contributed by atoms with Crippen LogP contribution in [0.15, 0.2) is 62.1 Å². The molecule has 0 saturated heterocycles. The zero-order valence-electron chi connectivity index (χ0n) is 27.7. The summed E-state index contributed by atoms with van der Waals surface area (Å²) in [6.07, 6.45) is -0.208. The molecular formula is C36H36N6O7. The molecule has 49 heavy (non-hydrogen) atoms. The van der Waals surface area contributed by atoms with Gasteiger partial charge < -0.3 is 33.8 Å². The first-order chi connectivity index (χ1) is 23.5. The summed E-state index contributed by atoms with van der Waals surface area (Å²) in [6, 6.07) is 13.1. The molecule has 3 aliphatic heterocycles. The lowest BCUT2D eigenvalue weighted by molar-refractivity contribution is -0.135. The highest BCUT2D eigenvalue weighted by atomic mass is 16.5. The normalized spacial score (nSPS) is 22.9. The van der Waals surface area contributed by atoms with Crippen LogP contribution < -0.4 is 15.4 Å². The summed E-state index contributed by atoms with van der Waals surface area (Å²) < 4.78 is 24.7. The number of Topliss-reactive ketones (excluding diaryl/α,β-unsaturated/α-hetero) is 1. The van der Waals surface area contributed by atoms with E-state index in [9.17, 15) is 14.7 Å². The molecule has 13 heteroatoms. The minimum absolute atomic E-state index is 0.127. The Balaban J connectivity index is 1.36. The van der Waals surface area contributed by atoms with Gasteiger partial charge in [-0.05, 0) is 41.5 Å². The van der Waals surface area contributed by atoms with E-state index in [-0.39, 0.29) is 54.0 Å². The van der Waals surface area contributed by atoms with Crippen molar-refractivity contribution < 1.29 is 32.8 Å². The fourth-order valence-corrected chi connectivity index (χ4v) is 7.19. The first-order valence-electron chi connectivity index (χ1n) is 16.5. The van der Waals surface area contributed by atoms with Gasteiger partial charge in [-0.3, -0.25) is 9.59 Å². The molecule has 0 fully saturated rings. The minimum atomic E-state index is -1.17. The molecular weight excluding hydrogens is 628 g/mol. The lowest BCUT2D eigenvalue weighted by Crippen LogP contribution is -2.41. The molecule has 1 amide bonds. The molecule has 3 N–H and O–H groups in total. The molecule has 0 radical (unpaired) electrons. The monoisotopic (exact) mass is 664 g/mol. The van der Waals surface area contributed by atoms with Crippen LogP contribution in [-0.4, -0.2) is 49.2 Å². The van der Waals surface area contributed by atoms with E-state index in [1.165, 1.54) is 6.26 Å². The van der Waals surface area contributed by atoms with Crippen LogP contribution in [0.4, 0.5) is 5.69 Å². The van der Waals surface area contributed by atoms with Gasteiger partial charge in [0.15, 0.2) is 29.2 Å². The third-order valence-electron chi connectivity index (χ3n) is 9.70. The summed E-state index contributed by atoms with van der Waals surface area (Å²) in [7, 11) is 0. The number of ether oxygens (including phenoxy) is 1. The highest BCUT2D eigenvalue weighted by Gasteiger charge is 2.61. The van der Waals surface area contributed by atoms with Gasteiger partial charge in [-0.1, -0.05) is 63.2 Å². The number of fused-ring (bicyclic) bond motifs is 4. The van der Waals surface area contributed by atoms with Crippen LogP contribution in [-0.2, 0) is 21.4 Å². The van der Waals surface area contributed by atoms with Crippen molar-refractivity contribution in [1.29, 1.82) is 0 Å². The number of hydrogen-bond donors (Lipinski definition) is 3. The molecule has 2 aromatic carbocycles. The molecule has 8 rings (SSSR count). The van der Waals surface area contributed by atoms with E-state index in [0.29, 0.717) is 28.8 Å². The number of para-hydroxylation sites is 1. The van der Waals surface area contributed by atoms with E-state index in [1.807, 2.05) is 56.3 Å².